The summed E-state index contributed by atoms with van der Waals surface area (Å²) >= 11 is 0. The van der Waals surface area contributed by atoms with E-state index in [9.17, 15) is 14.7 Å². The molecule has 1 aromatic carbocycles. The Hall–Kier alpha value is -2.04. The lowest BCUT2D eigenvalue weighted by Crippen LogP contribution is -2.27. The molecule has 0 radical (unpaired) electrons. The van der Waals surface area contributed by atoms with Crippen LogP contribution < -0.4 is 5.32 Å². The van der Waals surface area contributed by atoms with Crippen molar-refractivity contribution in [2.24, 2.45) is 0 Å². The van der Waals surface area contributed by atoms with Gasteiger partial charge in [-0.15, -0.1) is 0 Å². The smallest absolute Gasteiger partial charge is 0.412 e. The van der Waals surface area contributed by atoms with E-state index in [2.05, 4.69) is 5.32 Å². The fourth-order valence-electron chi connectivity index (χ4n) is 1.63. The maximum atomic E-state index is 11.7. The lowest BCUT2D eigenvalue weighted by molar-refractivity contribution is -0.116. The Morgan fingerprint density at radius 3 is 2.50 bits per heavy atom. The van der Waals surface area contributed by atoms with Crippen LogP contribution in [0.3, 0.4) is 0 Å². The standard InChI is InChI=1S/C15H21NO4/c1-10(17)5-6-11-9-12(18)7-8-13(11)16-14(19)20-15(2,3)4/h7-9,18H,5-6H2,1-4H3,(H,16,19). The van der Waals surface area contributed by atoms with Crippen LogP contribution in [0.15, 0.2) is 18.2 Å². The third-order valence-corrected chi connectivity index (χ3v) is 2.47. The number of aromatic hydroxyl groups is 1. The number of aryl methyl sites for hydroxylation is 1. The van der Waals surface area contributed by atoms with Crippen LogP contribution in [0.5, 0.6) is 5.75 Å². The summed E-state index contributed by atoms with van der Waals surface area (Å²) in [5, 5.41) is 12.1. The highest BCUT2D eigenvalue weighted by Crippen LogP contribution is 2.23. The molecule has 5 nitrogen and oxygen atoms in total. The van der Waals surface area contributed by atoms with Crippen molar-refractivity contribution in [1.82, 2.24) is 0 Å². The third-order valence-electron chi connectivity index (χ3n) is 2.47. The second kappa shape index (κ2) is 6.41. The van der Waals surface area contributed by atoms with E-state index in [1.54, 1.807) is 26.8 Å². The molecule has 0 aromatic heterocycles. The van der Waals surface area contributed by atoms with Crippen LogP contribution in [-0.2, 0) is 16.0 Å². The molecular formula is C15H21NO4. The largest absolute Gasteiger partial charge is 0.508 e. The predicted octanol–water partition coefficient (Wildman–Crippen LogP) is 3.26. The summed E-state index contributed by atoms with van der Waals surface area (Å²) in [5.74, 6) is 0.148. The molecule has 1 aromatic rings. The van der Waals surface area contributed by atoms with E-state index >= 15 is 0 Å². The maximum Gasteiger partial charge on any atom is 0.412 e. The van der Waals surface area contributed by atoms with Crippen LogP contribution in [0.1, 0.15) is 39.7 Å². The van der Waals surface area contributed by atoms with Gasteiger partial charge in [-0.05, 0) is 57.9 Å². The number of phenolic OH excluding ortho intramolecular Hbond substituents is 1. The van der Waals surface area contributed by atoms with Gasteiger partial charge in [0.1, 0.15) is 17.1 Å². The zero-order valence-corrected chi connectivity index (χ0v) is 12.3. The summed E-state index contributed by atoms with van der Waals surface area (Å²) in [5.41, 5.74) is 0.657. The molecule has 5 heteroatoms. The number of carbonyl (C=O) groups is 2. The molecular weight excluding hydrogens is 258 g/mol. The number of rotatable bonds is 4. The number of amides is 1. The van der Waals surface area contributed by atoms with Crippen molar-refractivity contribution in [2.45, 2.75) is 46.1 Å². The van der Waals surface area contributed by atoms with Crippen LogP contribution in [0.4, 0.5) is 10.5 Å². The summed E-state index contributed by atoms with van der Waals surface area (Å²) in [6.07, 6.45) is 0.244. The minimum atomic E-state index is -0.583. The molecule has 0 aliphatic carbocycles. The second-order valence-electron chi connectivity index (χ2n) is 5.67. The van der Waals surface area contributed by atoms with Gasteiger partial charge >= 0.3 is 6.09 Å². The molecule has 20 heavy (non-hydrogen) atoms. The lowest BCUT2D eigenvalue weighted by atomic mass is 10.1. The Bertz CT molecular complexity index is 503. The van der Waals surface area contributed by atoms with Crippen LogP contribution in [0.25, 0.3) is 0 Å². The molecule has 0 bridgehead atoms. The molecule has 2 N–H and O–H groups in total. The minimum Gasteiger partial charge on any atom is -0.508 e. The van der Waals surface area contributed by atoms with Crippen molar-refractivity contribution < 1.29 is 19.4 Å². The van der Waals surface area contributed by atoms with Crippen molar-refractivity contribution in [3.05, 3.63) is 23.8 Å². The van der Waals surface area contributed by atoms with E-state index in [1.165, 1.54) is 19.1 Å². The summed E-state index contributed by atoms with van der Waals surface area (Å²) < 4.78 is 5.17. The normalized spacial score (nSPS) is 11.0. The molecule has 0 aliphatic heterocycles. The van der Waals surface area contributed by atoms with Gasteiger partial charge in [0.05, 0.1) is 0 Å². The first-order valence-electron chi connectivity index (χ1n) is 6.49. The molecule has 0 saturated heterocycles. The molecule has 1 amide bonds. The average Bonchev–Trinajstić information content (AvgIpc) is 2.26. The van der Waals surface area contributed by atoms with Gasteiger partial charge in [0.15, 0.2) is 0 Å². The van der Waals surface area contributed by atoms with Crippen molar-refractivity contribution in [2.75, 3.05) is 5.32 Å². The van der Waals surface area contributed by atoms with E-state index in [0.717, 1.165) is 0 Å². The van der Waals surface area contributed by atoms with Gasteiger partial charge in [-0.2, -0.15) is 0 Å². The molecule has 0 aliphatic rings. The van der Waals surface area contributed by atoms with E-state index in [0.29, 0.717) is 24.1 Å². The molecule has 0 spiro atoms. The molecule has 0 saturated carbocycles. The summed E-state index contributed by atoms with van der Waals surface area (Å²) in [6, 6.07) is 4.61. The Kier molecular flexibility index (Phi) is 5.13. The topological polar surface area (TPSA) is 75.6 Å². The number of benzene rings is 1. The summed E-state index contributed by atoms with van der Waals surface area (Å²) in [7, 11) is 0. The first-order chi connectivity index (χ1) is 9.17. The van der Waals surface area contributed by atoms with E-state index in [1.807, 2.05) is 0 Å². The van der Waals surface area contributed by atoms with E-state index < -0.39 is 11.7 Å². The summed E-state index contributed by atoms with van der Waals surface area (Å²) in [6.45, 7) is 6.84. The summed E-state index contributed by atoms with van der Waals surface area (Å²) in [4.78, 5) is 22.8. The number of ether oxygens (including phenoxy) is 1. The highest BCUT2D eigenvalue weighted by atomic mass is 16.6. The first kappa shape index (κ1) is 16.0. The van der Waals surface area contributed by atoms with Crippen LogP contribution >= 0.6 is 0 Å². The Morgan fingerprint density at radius 1 is 1.30 bits per heavy atom. The van der Waals surface area contributed by atoms with E-state index in [4.69, 9.17) is 4.74 Å². The third kappa shape index (κ3) is 5.73. The van der Waals surface area contributed by atoms with Crippen molar-refractivity contribution in [3.8, 4) is 5.75 Å². The van der Waals surface area contributed by atoms with Gasteiger partial charge in [0, 0.05) is 12.1 Å². The highest BCUT2D eigenvalue weighted by molar-refractivity contribution is 5.86. The maximum absolute atomic E-state index is 11.7. The van der Waals surface area contributed by atoms with Gasteiger partial charge in [0.25, 0.3) is 0 Å². The average molecular weight is 279 g/mol. The van der Waals surface area contributed by atoms with Gasteiger partial charge in [-0.25, -0.2) is 4.79 Å². The quantitative estimate of drug-likeness (QED) is 0.829. The van der Waals surface area contributed by atoms with Crippen LogP contribution in [0, 0.1) is 0 Å². The van der Waals surface area contributed by atoms with Crippen molar-refractivity contribution in [3.63, 3.8) is 0 Å². The van der Waals surface area contributed by atoms with Crippen LogP contribution in [0.2, 0.25) is 0 Å². The Balaban J connectivity index is 2.83. The Labute approximate surface area is 118 Å². The lowest BCUT2D eigenvalue weighted by Gasteiger charge is -2.20. The zero-order valence-electron chi connectivity index (χ0n) is 12.3. The number of hydrogen-bond acceptors (Lipinski definition) is 4. The monoisotopic (exact) mass is 279 g/mol. The molecule has 0 unspecified atom stereocenters. The van der Waals surface area contributed by atoms with Crippen molar-refractivity contribution >= 4 is 17.6 Å². The number of anilines is 1. The van der Waals surface area contributed by atoms with Crippen molar-refractivity contribution in [1.29, 1.82) is 0 Å². The zero-order chi connectivity index (χ0) is 15.3. The fraction of sp³-hybridized carbons (Fsp3) is 0.467. The number of ketones is 1. The number of Topliss-reactive ketones (excluding diaryl/α,β-unsaturated/α-hetero) is 1. The first-order valence-corrected chi connectivity index (χ1v) is 6.49. The number of hydrogen-bond donors (Lipinski definition) is 2. The molecule has 0 heterocycles. The highest BCUT2D eigenvalue weighted by Gasteiger charge is 2.17. The molecule has 110 valence electrons. The second-order valence-corrected chi connectivity index (χ2v) is 5.67. The number of nitrogens with one attached hydrogen (secondary N) is 1. The molecule has 1 rings (SSSR count). The van der Waals surface area contributed by atoms with Gasteiger partial charge in [-0.3, -0.25) is 5.32 Å². The molecule has 0 fully saturated rings. The van der Waals surface area contributed by atoms with Gasteiger partial charge in [0.2, 0.25) is 0 Å². The minimum absolute atomic E-state index is 0.0524. The van der Waals surface area contributed by atoms with Crippen LogP contribution in [-0.4, -0.2) is 22.6 Å². The SMILES string of the molecule is CC(=O)CCc1cc(O)ccc1NC(=O)OC(C)(C)C. The van der Waals surface area contributed by atoms with Gasteiger partial charge in [-0.1, -0.05) is 0 Å². The fourth-order valence-corrected chi connectivity index (χ4v) is 1.63. The Morgan fingerprint density at radius 2 is 1.95 bits per heavy atom. The van der Waals surface area contributed by atoms with Gasteiger partial charge < -0.3 is 14.6 Å². The molecule has 0 atom stereocenters. The number of carbonyl (C=O) groups excluding carboxylic acids is 2. The predicted molar refractivity (Wildman–Crippen MR) is 77.0 cm³/mol. The van der Waals surface area contributed by atoms with E-state index in [-0.39, 0.29) is 11.5 Å². The number of phenols is 1.